The van der Waals surface area contributed by atoms with Crippen molar-refractivity contribution in [3.63, 3.8) is 0 Å². The van der Waals surface area contributed by atoms with E-state index in [0.717, 1.165) is 18.9 Å². The first-order valence-corrected chi connectivity index (χ1v) is 6.53. The molecule has 2 aliphatic carbocycles. The molecule has 1 N–H and O–H groups in total. The van der Waals surface area contributed by atoms with E-state index >= 15 is 0 Å². The van der Waals surface area contributed by atoms with Gasteiger partial charge in [0.25, 0.3) is 0 Å². The molecule has 3 nitrogen and oxygen atoms in total. The summed E-state index contributed by atoms with van der Waals surface area (Å²) in [5.74, 6) is 0. The summed E-state index contributed by atoms with van der Waals surface area (Å²) >= 11 is 0. The Labute approximate surface area is 98.8 Å². The SMILES string of the molecule is CNC1(C#N)CCC(N(C)C2CCC2)CC1. The van der Waals surface area contributed by atoms with Crippen molar-refractivity contribution in [1.29, 1.82) is 5.26 Å². The number of nitrogens with one attached hydrogen (secondary N) is 1. The second-order valence-corrected chi connectivity index (χ2v) is 5.43. The zero-order chi connectivity index (χ0) is 11.6. The summed E-state index contributed by atoms with van der Waals surface area (Å²) in [5.41, 5.74) is -0.239. The van der Waals surface area contributed by atoms with Crippen molar-refractivity contribution < 1.29 is 0 Å². The molecule has 16 heavy (non-hydrogen) atoms. The molecule has 2 fully saturated rings. The van der Waals surface area contributed by atoms with Crippen molar-refractivity contribution in [2.45, 2.75) is 62.6 Å². The van der Waals surface area contributed by atoms with E-state index in [4.69, 9.17) is 0 Å². The highest BCUT2D eigenvalue weighted by molar-refractivity contribution is 5.09. The Morgan fingerprint density at radius 1 is 1.19 bits per heavy atom. The van der Waals surface area contributed by atoms with Gasteiger partial charge in [0.15, 0.2) is 0 Å². The monoisotopic (exact) mass is 221 g/mol. The molecule has 0 radical (unpaired) electrons. The van der Waals surface area contributed by atoms with Crippen LogP contribution in [0.25, 0.3) is 0 Å². The average molecular weight is 221 g/mol. The van der Waals surface area contributed by atoms with Crippen LogP contribution in [0.1, 0.15) is 44.9 Å². The Morgan fingerprint density at radius 2 is 1.75 bits per heavy atom. The van der Waals surface area contributed by atoms with Gasteiger partial charge in [-0.3, -0.25) is 0 Å². The Kier molecular flexibility index (Phi) is 3.51. The Bertz CT molecular complexity index is 269. The molecule has 2 rings (SSSR count). The molecule has 0 heterocycles. The van der Waals surface area contributed by atoms with Gasteiger partial charge in [-0.2, -0.15) is 5.26 Å². The molecule has 0 amide bonds. The summed E-state index contributed by atoms with van der Waals surface area (Å²) in [6.45, 7) is 0. The number of nitrogens with zero attached hydrogens (tertiary/aromatic N) is 2. The van der Waals surface area contributed by atoms with E-state index in [0.29, 0.717) is 6.04 Å². The van der Waals surface area contributed by atoms with Crippen LogP contribution < -0.4 is 5.32 Å². The van der Waals surface area contributed by atoms with Crippen molar-refractivity contribution in [1.82, 2.24) is 10.2 Å². The molecule has 2 saturated carbocycles. The van der Waals surface area contributed by atoms with Gasteiger partial charge in [-0.05, 0) is 52.6 Å². The van der Waals surface area contributed by atoms with Crippen LogP contribution in [-0.2, 0) is 0 Å². The molecule has 3 heteroatoms. The van der Waals surface area contributed by atoms with E-state index in [1.807, 2.05) is 7.05 Å². The number of hydrogen-bond acceptors (Lipinski definition) is 3. The molecule has 2 aliphatic rings. The lowest BCUT2D eigenvalue weighted by molar-refractivity contribution is 0.0748. The molecule has 0 aromatic carbocycles. The van der Waals surface area contributed by atoms with Crippen molar-refractivity contribution in [3.8, 4) is 6.07 Å². The molecular weight excluding hydrogens is 198 g/mol. The molecule has 0 aliphatic heterocycles. The Hall–Kier alpha value is -0.590. The van der Waals surface area contributed by atoms with Crippen LogP contribution in [0.5, 0.6) is 0 Å². The van der Waals surface area contributed by atoms with Crippen molar-refractivity contribution in [3.05, 3.63) is 0 Å². The Morgan fingerprint density at radius 3 is 2.12 bits per heavy atom. The zero-order valence-corrected chi connectivity index (χ0v) is 10.5. The standard InChI is InChI=1S/C13H23N3/c1-15-13(10-14)8-6-12(7-9-13)16(2)11-4-3-5-11/h11-12,15H,3-9H2,1-2H3. The molecule has 0 atom stereocenters. The first-order chi connectivity index (χ1) is 7.71. The lowest BCUT2D eigenvalue weighted by Gasteiger charge is -2.44. The fourth-order valence-electron chi connectivity index (χ4n) is 3.01. The number of rotatable bonds is 3. The second-order valence-electron chi connectivity index (χ2n) is 5.43. The first kappa shape index (κ1) is 11.9. The van der Waals surface area contributed by atoms with Gasteiger partial charge in [-0.15, -0.1) is 0 Å². The summed E-state index contributed by atoms with van der Waals surface area (Å²) in [4.78, 5) is 2.57. The molecule has 0 unspecified atom stereocenters. The quantitative estimate of drug-likeness (QED) is 0.791. The summed E-state index contributed by atoms with van der Waals surface area (Å²) in [6.07, 6.45) is 8.50. The lowest BCUT2D eigenvalue weighted by atomic mass is 9.78. The van der Waals surface area contributed by atoms with Gasteiger partial charge >= 0.3 is 0 Å². The largest absolute Gasteiger partial charge is 0.302 e. The molecule has 0 bridgehead atoms. The van der Waals surface area contributed by atoms with Crippen LogP contribution in [0, 0.1) is 11.3 Å². The summed E-state index contributed by atoms with van der Waals surface area (Å²) < 4.78 is 0. The van der Waals surface area contributed by atoms with Crippen LogP contribution in [0.4, 0.5) is 0 Å². The highest BCUT2D eigenvalue weighted by Crippen LogP contribution is 2.34. The van der Waals surface area contributed by atoms with Gasteiger partial charge in [-0.1, -0.05) is 6.42 Å². The highest BCUT2D eigenvalue weighted by Gasteiger charge is 2.37. The van der Waals surface area contributed by atoms with Gasteiger partial charge < -0.3 is 10.2 Å². The van der Waals surface area contributed by atoms with Crippen LogP contribution in [0.3, 0.4) is 0 Å². The minimum Gasteiger partial charge on any atom is -0.302 e. The molecular formula is C13H23N3. The van der Waals surface area contributed by atoms with Crippen LogP contribution >= 0.6 is 0 Å². The highest BCUT2D eigenvalue weighted by atomic mass is 15.2. The van der Waals surface area contributed by atoms with E-state index in [9.17, 15) is 5.26 Å². The van der Waals surface area contributed by atoms with Crippen LogP contribution in [0.2, 0.25) is 0 Å². The van der Waals surface area contributed by atoms with Gasteiger partial charge in [0.1, 0.15) is 5.54 Å². The van der Waals surface area contributed by atoms with E-state index in [2.05, 4.69) is 23.3 Å². The van der Waals surface area contributed by atoms with Crippen molar-refractivity contribution in [2.24, 2.45) is 0 Å². The molecule has 0 aromatic heterocycles. The predicted octanol–water partition coefficient (Wildman–Crippen LogP) is 1.90. The first-order valence-electron chi connectivity index (χ1n) is 6.53. The van der Waals surface area contributed by atoms with Crippen LogP contribution in [0.15, 0.2) is 0 Å². The van der Waals surface area contributed by atoms with E-state index in [1.54, 1.807) is 0 Å². The number of nitriles is 1. The third-order valence-corrected chi connectivity index (χ3v) is 4.73. The van der Waals surface area contributed by atoms with E-state index < -0.39 is 0 Å². The van der Waals surface area contributed by atoms with Gasteiger partial charge in [0.05, 0.1) is 6.07 Å². The van der Waals surface area contributed by atoms with Crippen LogP contribution in [-0.4, -0.2) is 36.6 Å². The molecule has 0 spiro atoms. The van der Waals surface area contributed by atoms with Gasteiger partial charge in [-0.25, -0.2) is 0 Å². The fraction of sp³-hybridized carbons (Fsp3) is 0.923. The molecule has 0 aromatic rings. The van der Waals surface area contributed by atoms with E-state index in [1.165, 1.54) is 32.1 Å². The van der Waals surface area contributed by atoms with Gasteiger partial charge in [0, 0.05) is 12.1 Å². The normalized spacial score (nSPS) is 35.8. The van der Waals surface area contributed by atoms with Gasteiger partial charge in [0.2, 0.25) is 0 Å². The maximum Gasteiger partial charge on any atom is 0.106 e. The molecule has 90 valence electrons. The molecule has 0 saturated heterocycles. The number of hydrogen-bond donors (Lipinski definition) is 1. The maximum atomic E-state index is 9.21. The zero-order valence-electron chi connectivity index (χ0n) is 10.5. The second kappa shape index (κ2) is 4.73. The van der Waals surface area contributed by atoms with Crippen molar-refractivity contribution >= 4 is 0 Å². The smallest absolute Gasteiger partial charge is 0.106 e. The third kappa shape index (κ3) is 2.09. The summed E-state index contributed by atoms with van der Waals surface area (Å²) in [7, 11) is 4.19. The third-order valence-electron chi connectivity index (χ3n) is 4.73. The topological polar surface area (TPSA) is 39.1 Å². The minimum atomic E-state index is -0.239. The summed E-state index contributed by atoms with van der Waals surface area (Å²) in [6, 6.07) is 3.99. The predicted molar refractivity (Wildman–Crippen MR) is 65.1 cm³/mol. The lowest BCUT2D eigenvalue weighted by Crippen LogP contribution is -2.51. The minimum absolute atomic E-state index is 0.239. The Balaban J connectivity index is 1.87. The van der Waals surface area contributed by atoms with Crippen molar-refractivity contribution in [2.75, 3.05) is 14.1 Å². The average Bonchev–Trinajstić information content (AvgIpc) is 2.27. The van der Waals surface area contributed by atoms with E-state index in [-0.39, 0.29) is 5.54 Å². The maximum absolute atomic E-state index is 9.21. The summed E-state index contributed by atoms with van der Waals surface area (Å²) in [5, 5.41) is 12.4. The fourth-order valence-corrected chi connectivity index (χ4v) is 3.01.